The minimum Gasteiger partial charge on any atom is -0.437 e. The van der Waals surface area contributed by atoms with Crippen LogP contribution in [0.15, 0.2) is 54.6 Å². The molecule has 2 heterocycles. The first-order chi connectivity index (χ1) is 13.8. The summed E-state index contributed by atoms with van der Waals surface area (Å²) in [6.07, 6.45) is -4.51. The van der Waals surface area contributed by atoms with E-state index in [1.54, 1.807) is 12.1 Å². The lowest BCUT2D eigenvalue weighted by atomic mass is 10.0. The first-order valence-corrected chi connectivity index (χ1v) is 9.77. The van der Waals surface area contributed by atoms with Crippen molar-refractivity contribution in [2.45, 2.75) is 11.5 Å². The third-order valence-corrected chi connectivity index (χ3v) is 5.00. The summed E-state index contributed by atoms with van der Waals surface area (Å²) in [7, 11) is 0. The van der Waals surface area contributed by atoms with Crippen molar-refractivity contribution in [2.75, 3.05) is 0 Å². The fraction of sp³-hybridized carbons (Fsp3) is 0.105. The van der Waals surface area contributed by atoms with E-state index in [0.717, 1.165) is 17.7 Å². The number of rotatable bonds is 4. The Morgan fingerprint density at radius 2 is 1.86 bits per heavy atom. The zero-order valence-electron chi connectivity index (χ0n) is 14.5. The second-order valence-electron chi connectivity index (χ2n) is 6.06. The minimum absolute atomic E-state index is 0.0136. The van der Waals surface area contributed by atoms with Crippen LogP contribution in [-0.2, 0) is 11.5 Å². The van der Waals surface area contributed by atoms with Crippen LogP contribution in [0.4, 0.5) is 13.2 Å². The van der Waals surface area contributed by atoms with Crippen molar-refractivity contribution in [3.63, 3.8) is 0 Å². The molecule has 0 radical (unpaired) electrons. The summed E-state index contributed by atoms with van der Waals surface area (Å²) < 4.78 is 46.8. The fourth-order valence-corrected chi connectivity index (χ4v) is 3.27. The van der Waals surface area contributed by atoms with Gasteiger partial charge < -0.3 is 4.74 Å². The second-order valence-corrected chi connectivity index (χ2v) is 6.95. The zero-order chi connectivity index (χ0) is 20.6. The normalized spacial score (nSPS) is 11.8. The smallest absolute Gasteiger partial charge is 0.416 e. The van der Waals surface area contributed by atoms with E-state index in [1.165, 1.54) is 16.6 Å². The first-order valence-electron chi connectivity index (χ1n) is 8.27. The molecular formula is C19H11BrClF3N4O. The summed E-state index contributed by atoms with van der Waals surface area (Å²) in [5.74, 6) is 0.0685. The SMILES string of the molecule is FC(F)(F)c1ccc(-c2cccc(CBr)c2)c(Oc2ccc3nnc(Cl)n3n2)c1. The van der Waals surface area contributed by atoms with E-state index in [9.17, 15) is 13.2 Å². The summed E-state index contributed by atoms with van der Waals surface area (Å²) in [4.78, 5) is 0. The highest BCUT2D eigenvalue weighted by molar-refractivity contribution is 9.08. The van der Waals surface area contributed by atoms with Gasteiger partial charge in [0.15, 0.2) is 5.65 Å². The number of halogens is 5. The molecule has 0 spiro atoms. The molecule has 0 fully saturated rings. The lowest BCUT2D eigenvalue weighted by Gasteiger charge is -2.15. The van der Waals surface area contributed by atoms with E-state index in [4.69, 9.17) is 16.3 Å². The summed E-state index contributed by atoms with van der Waals surface area (Å²) in [6, 6.07) is 13.8. The van der Waals surface area contributed by atoms with Crippen LogP contribution in [0.5, 0.6) is 11.6 Å². The van der Waals surface area contributed by atoms with Gasteiger partial charge in [0.05, 0.1) is 5.56 Å². The van der Waals surface area contributed by atoms with Crippen molar-refractivity contribution in [2.24, 2.45) is 0 Å². The van der Waals surface area contributed by atoms with Crippen molar-refractivity contribution in [1.29, 1.82) is 0 Å². The zero-order valence-corrected chi connectivity index (χ0v) is 16.8. The average molecular weight is 484 g/mol. The Kier molecular flexibility index (Phi) is 5.18. The highest BCUT2D eigenvalue weighted by Crippen LogP contribution is 2.39. The van der Waals surface area contributed by atoms with E-state index in [1.807, 2.05) is 18.2 Å². The van der Waals surface area contributed by atoms with Gasteiger partial charge in [0.2, 0.25) is 11.2 Å². The fourth-order valence-electron chi connectivity index (χ4n) is 2.76. The van der Waals surface area contributed by atoms with E-state index in [0.29, 0.717) is 22.1 Å². The van der Waals surface area contributed by atoms with Crippen molar-refractivity contribution in [1.82, 2.24) is 19.8 Å². The Balaban J connectivity index is 1.82. The topological polar surface area (TPSA) is 52.3 Å². The second kappa shape index (κ2) is 7.64. The molecule has 0 atom stereocenters. The van der Waals surface area contributed by atoms with Crippen LogP contribution >= 0.6 is 27.5 Å². The minimum atomic E-state index is -4.51. The van der Waals surface area contributed by atoms with Crippen LogP contribution in [0.3, 0.4) is 0 Å². The van der Waals surface area contributed by atoms with Crippen LogP contribution < -0.4 is 4.74 Å². The van der Waals surface area contributed by atoms with Gasteiger partial charge in [0, 0.05) is 17.0 Å². The Morgan fingerprint density at radius 1 is 1.03 bits per heavy atom. The number of ether oxygens (including phenoxy) is 1. The van der Waals surface area contributed by atoms with Crippen LogP contribution in [0, 0.1) is 0 Å². The molecule has 0 bridgehead atoms. The number of benzene rings is 2. The molecule has 0 N–H and O–H groups in total. The molecule has 0 unspecified atom stereocenters. The molecule has 29 heavy (non-hydrogen) atoms. The summed E-state index contributed by atoms with van der Waals surface area (Å²) in [6.45, 7) is 0. The Hall–Kier alpha value is -2.65. The van der Waals surface area contributed by atoms with Crippen molar-refractivity contribution in [3.05, 3.63) is 71.0 Å². The lowest BCUT2D eigenvalue weighted by Crippen LogP contribution is -2.05. The molecule has 4 aromatic rings. The van der Waals surface area contributed by atoms with Crippen LogP contribution in [0.25, 0.3) is 16.8 Å². The lowest BCUT2D eigenvalue weighted by molar-refractivity contribution is -0.137. The van der Waals surface area contributed by atoms with Crippen molar-refractivity contribution in [3.8, 4) is 22.8 Å². The molecule has 0 aliphatic rings. The summed E-state index contributed by atoms with van der Waals surface area (Å²) in [5, 5.41) is 12.3. The monoisotopic (exact) mass is 482 g/mol. The standard InChI is InChI=1S/C19H11BrClF3N4O/c20-10-11-2-1-3-12(8-11)14-5-4-13(19(22,23)24)9-15(14)29-17-7-6-16-25-26-18(21)28(16)27-17/h1-9H,10H2. The summed E-state index contributed by atoms with van der Waals surface area (Å²) in [5.41, 5.74) is 1.75. The quantitative estimate of drug-likeness (QED) is 0.327. The van der Waals surface area contributed by atoms with Crippen molar-refractivity contribution < 1.29 is 17.9 Å². The highest BCUT2D eigenvalue weighted by atomic mass is 79.9. The summed E-state index contributed by atoms with van der Waals surface area (Å²) >= 11 is 9.29. The van der Waals surface area contributed by atoms with Gasteiger partial charge in [0.25, 0.3) is 0 Å². The van der Waals surface area contributed by atoms with Gasteiger partial charge in [-0.15, -0.1) is 15.3 Å². The Labute approximate surface area is 176 Å². The highest BCUT2D eigenvalue weighted by Gasteiger charge is 2.31. The molecule has 5 nitrogen and oxygen atoms in total. The molecule has 10 heteroatoms. The number of hydrogen-bond acceptors (Lipinski definition) is 4. The maximum Gasteiger partial charge on any atom is 0.416 e. The third-order valence-electron chi connectivity index (χ3n) is 4.12. The average Bonchev–Trinajstić information content (AvgIpc) is 3.08. The molecule has 0 aliphatic carbocycles. The molecule has 0 saturated carbocycles. The van der Waals surface area contributed by atoms with E-state index in [-0.39, 0.29) is 16.9 Å². The molecule has 2 aromatic heterocycles. The van der Waals surface area contributed by atoms with Gasteiger partial charge in [-0.2, -0.15) is 17.7 Å². The Bertz CT molecular complexity index is 1200. The largest absolute Gasteiger partial charge is 0.437 e. The van der Waals surface area contributed by atoms with Crippen LogP contribution in [0.2, 0.25) is 5.28 Å². The molecular weight excluding hydrogens is 473 g/mol. The van der Waals surface area contributed by atoms with Gasteiger partial charge in [-0.1, -0.05) is 46.3 Å². The van der Waals surface area contributed by atoms with Gasteiger partial charge in [-0.25, -0.2) is 0 Å². The van der Waals surface area contributed by atoms with E-state index in [2.05, 4.69) is 31.2 Å². The van der Waals surface area contributed by atoms with Crippen molar-refractivity contribution >= 4 is 33.2 Å². The molecule has 0 amide bonds. The first kappa shape index (κ1) is 19.7. The third kappa shape index (κ3) is 4.06. The van der Waals surface area contributed by atoms with Gasteiger partial charge in [-0.3, -0.25) is 0 Å². The number of fused-ring (bicyclic) bond motifs is 1. The number of alkyl halides is 4. The van der Waals surface area contributed by atoms with Gasteiger partial charge in [-0.05, 0) is 40.9 Å². The number of hydrogen-bond donors (Lipinski definition) is 0. The molecule has 148 valence electrons. The van der Waals surface area contributed by atoms with Crippen LogP contribution in [-0.4, -0.2) is 19.8 Å². The Morgan fingerprint density at radius 3 is 2.62 bits per heavy atom. The van der Waals surface area contributed by atoms with Crippen LogP contribution in [0.1, 0.15) is 11.1 Å². The number of nitrogens with zero attached hydrogens (tertiary/aromatic N) is 4. The predicted molar refractivity (Wildman–Crippen MR) is 105 cm³/mol. The molecule has 0 aliphatic heterocycles. The van der Waals surface area contributed by atoms with E-state index >= 15 is 0 Å². The molecule has 0 saturated heterocycles. The molecule has 4 rings (SSSR count). The van der Waals surface area contributed by atoms with Gasteiger partial charge in [0.1, 0.15) is 5.75 Å². The predicted octanol–water partition coefficient (Wildman–Crippen LogP) is 6.15. The number of aromatic nitrogens is 4. The maximum absolute atomic E-state index is 13.3. The maximum atomic E-state index is 13.3. The van der Waals surface area contributed by atoms with Gasteiger partial charge >= 0.3 is 6.18 Å². The van der Waals surface area contributed by atoms with E-state index < -0.39 is 11.7 Å². The molecule has 2 aromatic carbocycles.